The van der Waals surface area contributed by atoms with E-state index in [0.717, 1.165) is 35.5 Å². The van der Waals surface area contributed by atoms with Crippen LogP contribution in [0.5, 0.6) is 0 Å². The summed E-state index contributed by atoms with van der Waals surface area (Å²) in [5.74, 6) is 0. The van der Waals surface area contributed by atoms with E-state index >= 15 is 0 Å². The lowest BCUT2D eigenvalue weighted by Gasteiger charge is -2.08. The van der Waals surface area contributed by atoms with Crippen molar-refractivity contribution >= 4 is 26.3 Å². The van der Waals surface area contributed by atoms with Crippen LogP contribution in [0.4, 0.5) is 0 Å². The highest BCUT2D eigenvalue weighted by molar-refractivity contribution is 7.89. The lowest BCUT2D eigenvalue weighted by Crippen LogP contribution is -2.26. The largest absolute Gasteiger partial charge is 0.276 e. The molecule has 0 radical (unpaired) electrons. The SMILES string of the molecule is O=S(=O)(NCCc1csc2nncn12)c1ccc2c(c1)CCC2. The van der Waals surface area contributed by atoms with Gasteiger partial charge in [0.2, 0.25) is 15.0 Å². The highest BCUT2D eigenvalue weighted by Crippen LogP contribution is 2.24. The maximum atomic E-state index is 12.4. The Morgan fingerprint density at radius 2 is 2.13 bits per heavy atom. The van der Waals surface area contributed by atoms with Crippen molar-refractivity contribution in [2.45, 2.75) is 30.6 Å². The molecule has 8 heteroatoms. The van der Waals surface area contributed by atoms with Crippen molar-refractivity contribution in [2.75, 3.05) is 6.54 Å². The molecule has 0 atom stereocenters. The Balaban J connectivity index is 1.46. The lowest BCUT2D eigenvalue weighted by molar-refractivity contribution is 0.581. The number of aromatic nitrogens is 3. The van der Waals surface area contributed by atoms with Gasteiger partial charge in [0.15, 0.2) is 0 Å². The zero-order valence-electron chi connectivity index (χ0n) is 12.4. The smallest absolute Gasteiger partial charge is 0.240 e. The number of thiazole rings is 1. The van der Waals surface area contributed by atoms with Gasteiger partial charge in [-0.3, -0.25) is 4.40 Å². The average Bonchev–Trinajstić information content (AvgIpc) is 3.23. The number of hydrogen-bond acceptors (Lipinski definition) is 5. The molecule has 120 valence electrons. The summed E-state index contributed by atoms with van der Waals surface area (Å²) in [4.78, 5) is 1.18. The van der Waals surface area contributed by atoms with Gasteiger partial charge in [-0.2, -0.15) is 0 Å². The molecule has 0 spiro atoms. The van der Waals surface area contributed by atoms with Crippen molar-refractivity contribution in [2.24, 2.45) is 0 Å². The molecule has 6 nitrogen and oxygen atoms in total. The van der Waals surface area contributed by atoms with E-state index < -0.39 is 10.0 Å². The number of fused-ring (bicyclic) bond motifs is 2. The van der Waals surface area contributed by atoms with E-state index in [2.05, 4.69) is 14.9 Å². The van der Waals surface area contributed by atoms with Gasteiger partial charge in [-0.1, -0.05) is 6.07 Å². The van der Waals surface area contributed by atoms with Gasteiger partial charge in [-0.05, 0) is 42.5 Å². The molecule has 2 aromatic heterocycles. The molecular weight excluding hydrogens is 332 g/mol. The fraction of sp³-hybridized carbons (Fsp3) is 0.333. The molecule has 0 amide bonds. The van der Waals surface area contributed by atoms with Gasteiger partial charge in [0.1, 0.15) is 6.33 Å². The second-order valence-electron chi connectivity index (χ2n) is 5.64. The first kappa shape index (κ1) is 14.8. The summed E-state index contributed by atoms with van der Waals surface area (Å²) in [5, 5.41) is 9.79. The zero-order valence-corrected chi connectivity index (χ0v) is 14.0. The number of rotatable bonds is 5. The van der Waals surface area contributed by atoms with Crippen molar-refractivity contribution < 1.29 is 8.42 Å². The molecule has 0 bridgehead atoms. The number of hydrogen-bond donors (Lipinski definition) is 1. The predicted molar refractivity (Wildman–Crippen MR) is 88.2 cm³/mol. The minimum atomic E-state index is -3.46. The Kier molecular flexibility index (Phi) is 3.67. The average molecular weight is 348 g/mol. The molecule has 1 aromatic carbocycles. The molecule has 1 N–H and O–H groups in total. The van der Waals surface area contributed by atoms with Crippen LogP contribution in [0.1, 0.15) is 23.2 Å². The predicted octanol–water partition coefficient (Wildman–Crippen LogP) is 1.80. The van der Waals surface area contributed by atoms with Crippen LogP contribution in [-0.2, 0) is 29.3 Å². The van der Waals surface area contributed by atoms with Crippen LogP contribution in [0.3, 0.4) is 0 Å². The number of sulfonamides is 1. The lowest BCUT2D eigenvalue weighted by atomic mass is 10.1. The molecule has 0 saturated carbocycles. The molecule has 3 aromatic rings. The molecule has 1 aliphatic carbocycles. The monoisotopic (exact) mass is 348 g/mol. The standard InChI is InChI=1S/C15H16N4O2S2/c20-23(21,14-5-4-11-2-1-3-12(11)8-14)17-7-6-13-9-22-15-18-16-10-19(13)15/h4-5,8-10,17H,1-3,6-7H2. The van der Waals surface area contributed by atoms with Crippen molar-refractivity contribution in [3.63, 3.8) is 0 Å². The molecule has 4 rings (SSSR count). The maximum Gasteiger partial charge on any atom is 0.240 e. The van der Waals surface area contributed by atoms with Gasteiger partial charge >= 0.3 is 0 Å². The van der Waals surface area contributed by atoms with Crippen LogP contribution < -0.4 is 4.72 Å². The van der Waals surface area contributed by atoms with Crippen LogP contribution >= 0.6 is 11.3 Å². The first-order valence-electron chi connectivity index (χ1n) is 7.51. The van der Waals surface area contributed by atoms with Crippen LogP contribution in [-0.4, -0.2) is 29.6 Å². The molecule has 0 aliphatic heterocycles. The van der Waals surface area contributed by atoms with Gasteiger partial charge in [-0.15, -0.1) is 21.5 Å². The second-order valence-corrected chi connectivity index (χ2v) is 8.25. The van der Waals surface area contributed by atoms with E-state index in [1.807, 2.05) is 21.9 Å². The Labute approximate surface area is 138 Å². The van der Waals surface area contributed by atoms with Crippen LogP contribution in [0.25, 0.3) is 4.96 Å². The molecule has 0 saturated heterocycles. The Morgan fingerprint density at radius 1 is 1.26 bits per heavy atom. The summed E-state index contributed by atoms with van der Waals surface area (Å²) in [5.41, 5.74) is 3.45. The van der Waals surface area contributed by atoms with E-state index in [4.69, 9.17) is 0 Å². The fourth-order valence-corrected chi connectivity index (χ4v) is 4.90. The van der Waals surface area contributed by atoms with E-state index in [1.54, 1.807) is 12.4 Å². The number of aryl methyl sites for hydroxylation is 2. The first-order chi connectivity index (χ1) is 11.1. The summed E-state index contributed by atoms with van der Waals surface area (Å²) >= 11 is 1.50. The molecule has 2 heterocycles. The van der Waals surface area contributed by atoms with E-state index in [-0.39, 0.29) is 0 Å². The molecule has 0 unspecified atom stereocenters. The third-order valence-electron chi connectivity index (χ3n) is 4.18. The third kappa shape index (κ3) is 2.77. The first-order valence-corrected chi connectivity index (χ1v) is 9.87. The van der Waals surface area contributed by atoms with Crippen molar-refractivity contribution in [1.82, 2.24) is 19.3 Å². The second kappa shape index (κ2) is 5.70. The van der Waals surface area contributed by atoms with E-state index in [1.165, 1.54) is 16.9 Å². The minimum Gasteiger partial charge on any atom is -0.276 e. The molecule has 23 heavy (non-hydrogen) atoms. The van der Waals surface area contributed by atoms with Crippen LogP contribution in [0.15, 0.2) is 34.8 Å². The summed E-state index contributed by atoms with van der Waals surface area (Å²) in [6.45, 7) is 0.351. The molecular formula is C15H16N4O2S2. The van der Waals surface area contributed by atoms with Crippen LogP contribution in [0, 0.1) is 0 Å². The number of nitrogens with one attached hydrogen (secondary N) is 1. The maximum absolute atomic E-state index is 12.4. The van der Waals surface area contributed by atoms with E-state index in [9.17, 15) is 8.42 Å². The van der Waals surface area contributed by atoms with Crippen molar-refractivity contribution in [3.05, 3.63) is 46.7 Å². The number of benzene rings is 1. The summed E-state index contributed by atoms with van der Waals surface area (Å²) in [6, 6.07) is 5.46. The summed E-state index contributed by atoms with van der Waals surface area (Å²) in [6.07, 6.45) is 5.38. The highest BCUT2D eigenvalue weighted by Gasteiger charge is 2.18. The van der Waals surface area contributed by atoms with Gasteiger partial charge in [-0.25, -0.2) is 13.1 Å². The van der Waals surface area contributed by atoms with E-state index in [0.29, 0.717) is 17.9 Å². The third-order valence-corrected chi connectivity index (χ3v) is 6.52. The topological polar surface area (TPSA) is 76.4 Å². The quantitative estimate of drug-likeness (QED) is 0.763. The Morgan fingerprint density at radius 3 is 3.04 bits per heavy atom. The fourth-order valence-electron chi connectivity index (χ4n) is 2.97. The van der Waals surface area contributed by atoms with Gasteiger partial charge in [0, 0.05) is 24.0 Å². The van der Waals surface area contributed by atoms with Crippen LogP contribution in [0.2, 0.25) is 0 Å². The molecule has 1 aliphatic rings. The van der Waals surface area contributed by atoms with Crippen molar-refractivity contribution in [1.29, 1.82) is 0 Å². The van der Waals surface area contributed by atoms with Gasteiger partial charge in [0.05, 0.1) is 4.90 Å². The normalized spacial score (nSPS) is 14.4. The van der Waals surface area contributed by atoms with Gasteiger partial charge in [0.25, 0.3) is 0 Å². The Hall–Kier alpha value is -1.77. The molecule has 0 fully saturated rings. The van der Waals surface area contributed by atoms with Crippen molar-refractivity contribution in [3.8, 4) is 0 Å². The zero-order chi connectivity index (χ0) is 15.9. The van der Waals surface area contributed by atoms with Gasteiger partial charge < -0.3 is 0 Å². The number of nitrogens with zero attached hydrogens (tertiary/aromatic N) is 3. The summed E-state index contributed by atoms with van der Waals surface area (Å²) in [7, 11) is -3.46. The Bertz CT molecular complexity index is 959. The highest BCUT2D eigenvalue weighted by atomic mass is 32.2. The summed E-state index contributed by atoms with van der Waals surface area (Å²) < 4.78 is 29.4. The minimum absolute atomic E-state index is 0.351.